The molecule has 1 fully saturated rings. The third-order valence-electron chi connectivity index (χ3n) is 3.99. The maximum absolute atomic E-state index is 5.98. The molecule has 0 unspecified atom stereocenters. The van der Waals surface area contributed by atoms with Crippen molar-refractivity contribution in [2.45, 2.75) is 38.1 Å². The van der Waals surface area contributed by atoms with Crippen LogP contribution in [0.3, 0.4) is 0 Å². The zero-order valence-electron chi connectivity index (χ0n) is 11.1. The molecular formula is C15H20ClN3. The Morgan fingerprint density at radius 2 is 2.00 bits per heavy atom. The van der Waals surface area contributed by atoms with Crippen molar-refractivity contribution in [3.63, 3.8) is 0 Å². The van der Waals surface area contributed by atoms with Gasteiger partial charge in [0.1, 0.15) is 0 Å². The van der Waals surface area contributed by atoms with E-state index in [-0.39, 0.29) is 0 Å². The van der Waals surface area contributed by atoms with Crippen molar-refractivity contribution in [1.29, 1.82) is 0 Å². The SMILES string of the molecule is ClCCN(c1nc2ccccc2[nH]1)C1CCCCC1. The van der Waals surface area contributed by atoms with Gasteiger partial charge in [0.2, 0.25) is 5.95 Å². The van der Waals surface area contributed by atoms with Gasteiger partial charge in [-0.15, -0.1) is 11.6 Å². The number of nitrogens with zero attached hydrogens (tertiary/aromatic N) is 2. The fourth-order valence-electron chi connectivity index (χ4n) is 3.02. The number of imidazole rings is 1. The molecule has 1 heterocycles. The molecule has 1 aromatic carbocycles. The van der Waals surface area contributed by atoms with Crippen LogP contribution in [-0.2, 0) is 0 Å². The lowest BCUT2D eigenvalue weighted by atomic mass is 9.94. The number of alkyl halides is 1. The third kappa shape index (κ3) is 2.71. The molecule has 0 amide bonds. The van der Waals surface area contributed by atoms with Crippen molar-refractivity contribution in [3.8, 4) is 0 Å². The van der Waals surface area contributed by atoms with Crippen LogP contribution in [-0.4, -0.2) is 28.4 Å². The number of benzene rings is 1. The zero-order chi connectivity index (χ0) is 13.1. The molecule has 1 N–H and O–H groups in total. The summed E-state index contributed by atoms with van der Waals surface area (Å²) in [5.41, 5.74) is 2.14. The average molecular weight is 278 g/mol. The van der Waals surface area contributed by atoms with Crippen LogP contribution in [0.2, 0.25) is 0 Å². The first kappa shape index (κ1) is 12.8. The number of anilines is 1. The Morgan fingerprint density at radius 1 is 1.21 bits per heavy atom. The summed E-state index contributed by atoms with van der Waals surface area (Å²) in [4.78, 5) is 10.5. The number of H-pyrrole nitrogens is 1. The summed E-state index contributed by atoms with van der Waals surface area (Å²) >= 11 is 5.98. The lowest BCUT2D eigenvalue weighted by molar-refractivity contribution is 0.415. The zero-order valence-corrected chi connectivity index (χ0v) is 11.9. The van der Waals surface area contributed by atoms with E-state index < -0.39 is 0 Å². The predicted molar refractivity (Wildman–Crippen MR) is 81.0 cm³/mol. The lowest BCUT2D eigenvalue weighted by Gasteiger charge is -2.33. The Labute approximate surface area is 119 Å². The van der Waals surface area contributed by atoms with Gasteiger partial charge in [0.25, 0.3) is 0 Å². The highest BCUT2D eigenvalue weighted by Gasteiger charge is 2.23. The molecule has 0 radical (unpaired) electrons. The fourth-order valence-corrected chi connectivity index (χ4v) is 3.20. The minimum Gasteiger partial charge on any atom is -0.338 e. The summed E-state index contributed by atoms with van der Waals surface area (Å²) in [7, 11) is 0. The molecule has 1 aromatic heterocycles. The quantitative estimate of drug-likeness (QED) is 0.859. The van der Waals surface area contributed by atoms with Gasteiger partial charge in [-0.1, -0.05) is 31.4 Å². The number of fused-ring (bicyclic) bond motifs is 1. The molecule has 0 atom stereocenters. The lowest BCUT2D eigenvalue weighted by Crippen LogP contribution is -2.39. The fraction of sp³-hybridized carbons (Fsp3) is 0.533. The number of hydrogen-bond donors (Lipinski definition) is 1. The van der Waals surface area contributed by atoms with Crippen molar-refractivity contribution in [1.82, 2.24) is 9.97 Å². The minimum atomic E-state index is 0.591. The van der Waals surface area contributed by atoms with Gasteiger partial charge >= 0.3 is 0 Å². The molecule has 1 aliphatic rings. The minimum absolute atomic E-state index is 0.591. The van der Waals surface area contributed by atoms with Crippen LogP contribution in [0.15, 0.2) is 24.3 Å². The second-order valence-corrected chi connectivity index (χ2v) is 5.63. The second kappa shape index (κ2) is 5.83. The first-order valence-electron chi connectivity index (χ1n) is 7.16. The van der Waals surface area contributed by atoms with Gasteiger partial charge < -0.3 is 9.88 Å². The normalized spacial score (nSPS) is 16.9. The summed E-state index contributed by atoms with van der Waals surface area (Å²) in [5, 5.41) is 0. The molecule has 0 saturated heterocycles. The van der Waals surface area contributed by atoms with Gasteiger partial charge in [-0.3, -0.25) is 0 Å². The van der Waals surface area contributed by atoms with Crippen LogP contribution in [0.1, 0.15) is 32.1 Å². The van der Waals surface area contributed by atoms with Crippen LogP contribution in [0.4, 0.5) is 5.95 Å². The largest absolute Gasteiger partial charge is 0.338 e. The summed E-state index contributed by atoms with van der Waals surface area (Å²) in [6, 6.07) is 8.78. The average Bonchev–Trinajstić information content (AvgIpc) is 2.89. The summed E-state index contributed by atoms with van der Waals surface area (Å²) < 4.78 is 0. The Hall–Kier alpha value is -1.22. The predicted octanol–water partition coefficient (Wildman–Crippen LogP) is 3.94. The monoisotopic (exact) mass is 277 g/mol. The second-order valence-electron chi connectivity index (χ2n) is 5.25. The smallest absolute Gasteiger partial charge is 0.204 e. The van der Waals surface area contributed by atoms with Crippen molar-refractivity contribution in [2.75, 3.05) is 17.3 Å². The maximum atomic E-state index is 5.98. The molecule has 1 saturated carbocycles. The van der Waals surface area contributed by atoms with Crippen molar-refractivity contribution >= 4 is 28.6 Å². The van der Waals surface area contributed by atoms with Gasteiger partial charge in [-0.2, -0.15) is 0 Å². The number of para-hydroxylation sites is 2. The van der Waals surface area contributed by atoms with E-state index in [1.165, 1.54) is 32.1 Å². The van der Waals surface area contributed by atoms with E-state index in [9.17, 15) is 0 Å². The van der Waals surface area contributed by atoms with Gasteiger partial charge in [-0.25, -0.2) is 4.98 Å². The van der Waals surface area contributed by atoms with E-state index in [1.54, 1.807) is 0 Å². The topological polar surface area (TPSA) is 31.9 Å². The molecule has 1 aliphatic carbocycles. The van der Waals surface area contributed by atoms with E-state index >= 15 is 0 Å². The summed E-state index contributed by atoms with van der Waals surface area (Å²) in [6.07, 6.45) is 6.53. The van der Waals surface area contributed by atoms with E-state index in [0.29, 0.717) is 11.9 Å². The molecule has 102 valence electrons. The molecule has 2 aromatic rings. The highest BCUT2D eigenvalue weighted by Crippen LogP contribution is 2.27. The molecule has 19 heavy (non-hydrogen) atoms. The van der Waals surface area contributed by atoms with Crippen molar-refractivity contribution in [3.05, 3.63) is 24.3 Å². The number of nitrogens with one attached hydrogen (secondary N) is 1. The Kier molecular flexibility index (Phi) is 3.92. The van der Waals surface area contributed by atoms with Gasteiger partial charge in [0.05, 0.1) is 11.0 Å². The molecule has 0 spiro atoms. The first-order chi connectivity index (χ1) is 9.38. The number of aromatic nitrogens is 2. The van der Waals surface area contributed by atoms with Crippen molar-refractivity contribution in [2.24, 2.45) is 0 Å². The number of halogens is 1. The molecule has 4 heteroatoms. The van der Waals surface area contributed by atoms with Gasteiger partial charge in [0, 0.05) is 18.5 Å². The van der Waals surface area contributed by atoms with E-state index in [0.717, 1.165) is 23.5 Å². The first-order valence-corrected chi connectivity index (χ1v) is 7.69. The number of hydrogen-bond acceptors (Lipinski definition) is 2. The molecule has 0 aliphatic heterocycles. The summed E-state index contributed by atoms with van der Waals surface area (Å²) in [6.45, 7) is 0.867. The van der Waals surface area contributed by atoms with E-state index in [1.807, 2.05) is 12.1 Å². The van der Waals surface area contributed by atoms with E-state index in [4.69, 9.17) is 16.6 Å². The van der Waals surface area contributed by atoms with Crippen LogP contribution < -0.4 is 4.90 Å². The third-order valence-corrected chi connectivity index (χ3v) is 4.16. The number of aromatic amines is 1. The molecule has 3 rings (SSSR count). The van der Waals surface area contributed by atoms with Gasteiger partial charge in [0.15, 0.2) is 0 Å². The van der Waals surface area contributed by atoms with Crippen LogP contribution >= 0.6 is 11.6 Å². The Morgan fingerprint density at radius 3 is 2.74 bits per heavy atom. The highest BCUT2D eigenvalue weighted by atomic mass is 35.5. The van der Waals surface area contributed by atoms with Crippen LogP contribution in [0, 0.1) is 0 Å². The molecule has 3 nitrogen and oxygen atoms in total. The van der Waals surface area contributed by atoms with Crippen LogP contribution in [0.25, 0.3) is 11.0 Å². The standard InChI is InChI=1S/C15H20ClN3/c16-10-11-19(12-6-2-1-3-7-12)15-17-13-8-4-5-9-14(13)18-15/h4-5,8-9,12H,1-3,6-7,10-11H2,(H,17,18). The Bertz CT molecular complexity index is 498. The Balaban J connectivity index is 1.89. The number of rotatable bonds is 4. The highest BCUT2D eigenvalue weighted by molar-refractivity contribution is 6.18. The maximum Gasteiger partial charge on any atom is 0.204 e. The van der Waals surface area contributed by atoms with Gasteiger partial charge in [-0.05, 0) is 25.0 Å². The van der Waals surface area contributed by atoms with E-state index in [2.05, 4.69) is 22.0 Å². The molecule has 0 bridgehead atoms. The van der Waals surface area contributed by atoms with Crippen LogP contribution in [0.5, 0.6) is 0 Å². The molecular weight excluding hydrogens is 258 g/mol. The summed E-state index contributed by atoms with van der Waals surface area (Å²) in [5.74, 6) is 1.63. The van der Waals surface area contributed by atoms with Crippen molar-refractivity contribution < 1.29 is 0 Å².